The number of nitrogens with one attached hydrogen (secondary N) is 2. The molecular formula is C20H18N4O4. The van der Waals surface area contributed by atoms with Crippen molar-refractivity contribution in [2.24, 2.45) is 0 Å². The van der Waals surface area contributed by atoms with E-state index in [0.29, 0.717) is 28.5 Å². The van der Waals surface area contributed by atoms with Crippen molar-refractivity contribution < 1.29 is 19.1 Å². The predicted octanol–water partition coefficient (Wildman–Crippen LogP) is 3.27. The van der Waals surface area contributed by atoms with Crippen LogP contribution in [-0.2, 0) is 4.74 Å². The van der Waals surface area contributed by atoms with Crippen LogP contribution in [0, 0.1) is 0 Å². The van der Waals surface area contributed by atoms with E-state index >= 15 is 0 Å². The second kappa shape index (κ2) is 8.63. The second-order valence-corrected chi connectivity index (χ2v) is 5.67. The first-order chi connectivity index (χ1) is 13.6. The Morgan fingerprint density at radius 3 is 2.50 bits per heavy atom. The molecule has 8 heteroatoms. The van der Waals surface area contributed by atoms with Crippen molar-refractivity contribution in [1.82, 2.24) is 9.97 Å². The van der Waals surface area contributed by atoms with Gasteiger partial charge in [-0.2, -0.15) is 0 Å². The van der Waals surface area contributed by atoms with E-state index in [1.165, 1.54) is 19.5 Å². The summed E-state index contributed by atoms with van der Waals surface area (Å²) in [4.78, 5) is 32.2. The number of carbonyl (C=O) groups excluding carboxylic acids is 2. The maximum atomic E-state index is 12.5. The second-order valence-electron chi connectivity index (χ2n) is 5.67. The van der Waals surface area contributed by atoms with Gasteiger partial charge in [0.25, 0.3) is 5.91 Å². The normalized spacial score (nSPS) is 10.1. The van der Waals surface area contributed by atoms with Crippen molar-refractivity contribution >= 4 is 29.1 Å². The van der Waals surface area contributed by atoms with E-state index in [-0.39, 0.29) is 11.6 Å². The summed E-state index contributed by atoms with van der Waals surface area (Å²) in [6.07, 6.45) is 1.28. The first-order valence-corrected chi connectivity index (χ1v) is 8.32. The number of amides is 1. The standard InChI is InChI=1S/C20H18N4O4/c1-27-16-8-4-7-15(10-16)24-19(25)17-11-18(22-12-21-17)23-14-6-3-5-13(9-14)20(26)28-2/h3-12H,1-2H3,(H,24,25)(H,21,22,23). The van der Waals surface area contributed by atoms with E-state index in [9.17, 15) is 9.59 Å². The van der Waals surface area contributed by atoms with E-state index < -0.39 is 5.97 Å². The molecule has 3 aromatic rings. The van der Waals surface area contributed by atoms with Gasteiger partial charge in [-0.1, -0.05) is 12.1 Å². The Morgan fingerprint density at radius 2 is 1.71 bits per heavy atom. The van der Waals surface area contributed by atoms with Crippen LogP contribution in [0.5, 0.6) is 5.75 Å². The van der Waals surface area contributed by atoms with Crippen LogP contribution in [0.4, 0.5) is 17.2 Å². The van der Waals surface area contributed by atoms with Crippen LogP contribution >= 0.6 is 0 Å². The summed E-state index contributed by atoms with van der Waals surface area (Å²) in [5.74, 6) is 0.216. The van der Waals surface area contributed by atoms with E-state index in [1.807, 2.05) is 0 Å². The maximum Gasteiger partial charge on any atom is 0.337 e. The molecule has 2 N–H and O–H groups in total. The Morgan fingerprint density at radius 1 is 0.929 bits per heavy atom. The zero-order chi connectivity index (χ0) is 19.9. The summed E-state index contributed by atoms with van der Waals surface area (Å²) in [5.41, 5.74) is 1.80. The summed E-state index contributed by atoms with van der Waals surface area (Å²) in [6, 6.07) is 15.3. The molecule has 3 rings (SSSR count). The first-order valence-electron chi connectivity index (χ1n) is 8.32. The Balaban J connectivity index is 1.75. The number of esters is 1. The van der Waals surface area contributed by atoms with Crippen molar-refractivity contribution in [2.45, 2.75) is 0 Å². The van der Waals surface area contributed by atoms with Gasteiger partial charge in [-0.25, -0.2) is 14.8 Å². The van der Waals surface area contributed by atoms with E-state index in [2.05, 4.69) is 20.6 Å². The molecule has 0 aliphatic heterocycles. The molecule has 0 unspecified atom stereocenters. The minimum absolute atomic E-state index is 0.185. The molecule has 0 aliphatic rings. The topological polar surface area (TPSA) is 102 Å². The SMILES string of the molecule is COC(=O)c1cccc(Nc2cc(C(=O)Nc3cccc(OC)c3)ncn2)c1. The summed E-state index contributed by atoms with van der Waals surface area (Å²) in [6.45, 7) is 0. The van der Waals surface area contributed by atoms with Crippen molar-refractivity contribution in [3.8, 4) is 5.75 Å². The third kappa shape index (κ3) is 4.61. The van der Waals surface area contributed by atoms with Gasteiger partial charge >= 0.3 is 5.97 Å². The van der Waals surface area contributed by atoms with Crippen LogP contribution in [0.25, 0.3) is 0 Å². The van der Waals surface area contributed by atoms with Crippen LogP contribution in [0.1, 0.15) is 20.8 Å². The van der Waals surface area contributed by atoms with Gasteiger partial charge in [-0.3, -0.25) is 4.79 Å². The van der Waals surface area contributed by atoms with Crippen LogP contribution in [-0.4, -0.2) is 36.1 Å². The molecule has 0 radical (unpaired) electrons. The van der Waals surface area contributed by atoms with Crippen LogP contribution in [0.15, 0.2) is 60.9 Å². The number of benzene rings is 2. The van der Waals surface area contributed by atoms with Gasteiger partial charge in [0.15, 0.2) is 0 Å². The Bertz CT molecular complexity index is 1010. The predicted molar refractivity (Wildman–Crippen MR) is 104 cm³/mol. The molecule has 1 amide bonds. The molecule has 0 bridgehead atoms. The van der Waals surface area contributed by atoms with Crippen molar-refractivity contribution in [3.63, 3.8) is 0 Å². The monoisotopic (exact) mass is 378 g/mol. The van der Waals surface area contributed by atoms with Gasteiger partial charge in [0.1, 0.15) is 23.6 Å². The third-order valence-corrected chi connectivity index (χ3v) is 3.78. The number of hydrogen-bond donors (Lipinski definition) is 2. The van der Waals surface area contributed by atoms with E-state index in [1.54, 1.807) is 55.6 Å². The number of carbonyl (C=O) groups is 2. The Labute approximate surface area is 161 Å². The Hall–Kier alpha value is -3.94. The zero-order valence-corrected chi connectivity index (χ0v) is 15.3. The highest BCUT2D eigenvalue weighted by Gasteiger charge is 2.11. The van der Waals surface area contributed by atoms with Gasteiger partial charge in [0.05, 0.1) is 19.8 Å². The highest BCUT2D eigenvalue weighted by molar-refractivity contribution is 6.03. The molecule has 0 spiro atoms. The molecule has 0 aliphatic carbocycles. The van der Waals surface area contributed by atoms with Crippen LogP contribution < -0.4 is 15.4 Å². The molecule has 1 aromatic heterocycles. The highest BCUT2D eigenvalue weighted by atomic mass is 16.5. The molecule has 142 valence electrons. The van der Waals surface area contributed by atoms with Gasteiger partial charge in [-0.15, -0.1) is 0 Å². The van der Waals surface area contributed by atoms with Gasteiger partial charge in [-0.05, 0) is 30.3 Å². The fourth-order valence-electron chi connectivity index (χ4n) is 2.44. The molecule has 8 nitrogen and oxygen atoms in total. The number of rotatable bonds is 6. The lowest BCUT2D eigenvalue weighted by Gasteiger charge is -2.09. The molecule has 0 saturated heterocycles. The molecule has 28 heavy (non-hydrogen) atoms. The third-order valence-electron chi connectivity index (χ3n) is 3.78. The summed E-state index contributed by atoms with van der Waals surface area (Å²) < 4.78 is 9.85. The van der Waals surface area contributed by atoms with Gasteiger partial charge < -0.3 is 20.1 Å². The quantitative estimate of drug-likeness (QED) is 0.635. The molecule has 0 saturated carbocycles. The fourth-order valence-corrected chi connectivity index (χ4v) is 2.44. The maximum absolute atomic E-state index is 12.5. The molecular weight excluding hydrogens is 360 g/mol. The average molecular weight is 378 g/mol. The summed E-state index contributed by atoms with van der Waals surface area (Å²) >= 11 is 0. The summed E-state index contributed by atoms with van der Waals surface area (Å²) in [7, 11) is 2.87. The number of anilines is 3. The number of aromatic nitrogens is 2. The zero-order valence-electron chi connectivity index (χ0n) is 15.3. The van der Waals surface area contributed by atoms with Crippen molar-refractivity contribution in [3.05, 3.63) is 72.2 Å². The molecule has 0 fully saturated rings. The molecule has 0 atom stereocenters. The molecule has 1 heterocycles. The van der Waals surface area contributed by atoms with Crippen LogP contribution in [0.2, 0.25) is 0 Å². The fraction of sp³-hybridized carbons (Fsp3) is 0.100. The van der Waals surface area contributed by atoms with Crippen molar-refractivity contribution in [2.75, 3.05) is 24.9 Å². The first kappa shape index (κ1) is 18.8. The minimum atomic E-state index is -0.440. The summed E-state index contributed by atoms with van der Waals surface area (Å²) in [5, 5.41) is 5.80. The number of ether oxygens (including phenoxy) is 2. The lowest BCUT2D eigenvalue weighted by molar-refractivity contribution is 0.0600. The minimum Gasteiger partial charge on any atom is -0.497 e. The van der Waals surface area contributed by atoms with Crippen LogP contribution in [0.3, 0.4) is 0 Å². The average Bonchev–Trinajstić information content (AvgIpc) is 2.73. The Kier molecular flexibility index (Phi) is 5.81. The number of nitrogens with zero attached hydrogens (tertiary/aromatic N) is 2. The lowest BCUT2D eigenvalue weighted by Crippen LogP contribution is -2.14. The largest absolute Gasteiger partial charge is 0.497 e. The van der Waals surface area contributed by atoms with Gasteiger partial charge in [0, 0.05) is 23.5 Å². The molecule has 2 aromatic carbocycles. The lowest BCUT2D eigenvalue weighted by atomic mass is 10.2. The highest BCUT2D eigenvalue weighted by Crippen LogP contribution is 2.19. The number of methoxy groups -OCH3 is 2. The smallest absolute Gasteiger partial charge is 0.337 e. The van der Waals surface area contributed by atoms with Gasteiger partial charge in [0.2, 0.25) is 0 Å². The van der Waals surface area contributed by atoms with Crippen molar-refractivity contribution in [1.29, 1.82) is 0 Å². The number of hydrogen-bond acceptors (Lipinski definition) is 7. The van der Waals surface area contributed by atoms with E-state index in [4.69, 9.17) is 9.47 Å². The van der Waals surface area contributed by atoms with E-state index in [0.717, 1.165) is 0 Å².